The molecule has 1 aliphatic heterocycles. The third-order valence-corrected chi connectivity index (χ3v) is 2.70. The fourth-order valence-electron chi connectivity index (χ4n) is 1.71. The molecular weight excluding hydrogens is 213 g/mol. The quantitative estimate of drug-likeness (QED) is 0.812. The van der Waals surface area contributed by atoms with Crippen LogP contribution in [0.2, 0.25) is 0 Å². The van der Waals surface area contributed by atoms with Gasteiger partial charge in [0.1, 0.15) is 12.0 Å². The summed E-state index contributed by atoms with van der Waals surface area (Å²) in [5.74, 6) is -0.616. The van der Waals surface area contributed by atoms with Crippen LogP contribution in [-0.4, -0.2) is 40.3 Å². The minimum atomic E-state index is -1.11. The van der Waals surface area contributed by atoms with Crippen molar-refractivity contribution in [2.75, 3.05) is 18.0 Å². The van der Waals surface area contributed by atoms with E-state index in [1.165, 1.54) is 12.4 Å². The molecule has 0 aromatic carbocycles. The highest BCUT2D eigenvalue weighted by Crippen LogP contribution is 2.23. The summed E-state index contributed by atoms with van der Waals surface area (Å²) in [4.78, 5) is 20.0. The fourth-order valence-corrected chi connectivity index (χ4v) is 1.71. The number of hydrogen-bond donors (Lipinski definition) is 1. The molecule has 86 valence electrons. The van der Waals surface area contributed by atoms with E-state index in [1.54, 1.807) is 4.90 Å². The predicted molar refractivity (Wildman–Crippen MR) is 55.3 cm³/mol. The van der Waals surface area contributed by atoms with Crippen LogP contribution in [0.3, 0.4) is 0 Å². The number of hydrogen-bond acceptors (Lipinski definition) is 4. The van der Waals surface area contributed by atoms with Crippen molar-refractivity contribution in [3.8, 4) is 0 Å². The van der Waals surface area contributed by atoms with Gasteiger partial charge in [-0.15, -0.1) is 0 Å². The molecule has 6 heteroatoms. The normalized spacial score (nSPS) is 24.8. The molecule has 1 fully saturated rings. The molecule has 1 N–H and O–H groups in total. The van der Waals surface area contributed by atoms with Crippen LogP contribution in [-0.2, 0) is 0 Å². The number of carboxylic acid groups (broad SMARTS) is 1. The van der Waals surface area contributed by atoms with E-state index in [-0.39, 0.29) is 11.6 Å². The van der Waals surface area contributed by atoms with Crippen molar-refractivity contribution in [1.82, 2.24) is 9.97 Å². The van der Waals surface area contributed by atoms with Crippen LogP contribution in [0.1, 0.15) is 17.4 Å². The molecule has 0 saturated carbocycles. The second kappa shape index (κ2) is 4.03. The van der Waals surface area contributed by atoms with Crippen LogP contribution >= 0.6 is 0 Å². The molecule has 16 heavy (non-hydrogen) atoms. The molecule has 5 nitrogen and oxygen atoms in total. The lowest BCUT2D eigenvalue weighted by molar-refractivity contribution is 0.0690. The van der Waals surface area contributed by atoms with Gasteiger partial charge in [0.15, 0.2) is 5.69 Å². The molecule has 1 aromatic rings. The number of carboxylic acids is 1. The maximum atomic E-state index is 13.3. The molecule has 1 aliphatic rings. The molecule has 0 aliphatic carbocycles. The predicted octanol–water partition coefficient (Wildman–Crippen LogP) is 0.969. The maximum Gasteiger partial charge on any atom is 0.356 e. The molecule has 0 spiro atoms. The molecular formula is C10H12FN3O2. The van der Waals surface area contributed by atoms with Crippen molar-refractivity contribution < 1.29 is 14.3 Å². The fraction of sp³-hybridized carbons (Fsp3) is 0.500. The highest BCUT2D eigenvalue weighted by molar-refractivity contribution is 5.84. The number of nitrogens with zero attached hydrogens (tertiary/aromatic N) is 3. The summed E-state index contributed by atoms with van der Waals surface area (Å²) in [7, 11) is 0. The summed E-state index contributed by atoms with van der Waals surface area (Å²) in [6, 6.07) is 0. The van der Waals surface area contributed by atoms with Gasteiger partial charge in [-0.25, -0.2) is 19.2 Å². The summed E-state index contributed by atoms with van der Waals surface area (Å²) in [5, 5.41) is 8.65. The third-order valence-electron chi connectivity index (χ3n) is 2.70. The van der Waals surface area contributed by atoms with Gasteiger partial charge >= 0.3 is 5.97 Å². The highest BCUT2D eigenvalue weighted by Gasteiger charge is 2.30. The minimum absolute atomic E-state index is 0.0269. The number of rotatable bonds is 2. The second-order valence-corrected chi connectivity index (χ2v) is 3.96. The Morgan fingerprint density at radius 1 is 1.50 bits per heavy atom. The van der Waals surface area contributed by atoms with Crippen molar-refractivity contribution in [3.63, 3.8) is 0 Å². The molecule has 0 radical (unpaired) electrons. The average Bonchev–Trinajstić information content (AvgIpc) is 2.59. The summed E-state index contributed by atoms with van der Waals surface area (Å²) >= 11 is 0. The van der Waals surface area contributed by atoms with Crippen LogP contribution < -0.4 is 4.90 Å². The van der Waals surface area contributed by atoms with Gasteiger partial charge in [-0.2, -0.15) is 0 Å². The van der Waals surface area contributed by atoms with E-state index in [1.807, 2.05) is 6.92 Å². The number of aromatic nitrogens is 2. The van der Waals surface area contributed by atoms with Gasteiger partial charge in [-0.05, 0) is 0 Å². The first kappa shape index (κ1) is 10.8. The van der Waals surface area contributed by atoms with E-state index in [2.05, 4.69) is 9.97 Å². The summed E-state index contributed by atoms with van der Waals surface area (Å²) in [5.41, 5.74) is -0.104. The zero-order valence-corrected chi connectivity index (χ0v) is 8.80. The monoisotopic (exact) mass is 225 g/mol. The largest absolute Gasteiger partial charge is 0.476 e. The lowest BCUT2D eigenvalue weighted by Crippen LogP contribution is -2.21. The smallest absolute Gasteiger partial charge is 0.356 e. The molecule has 0 bridgehead atoms. The minimum Gasteiger partial charge on any atom is -0.476 e. The Morgan fingerprint density at radius 2 is 2.25 bits per heavy atom. The zero-order chi connectivity index (χ0) is 11.7. The summed E-state index contributed by atoms with van der Waals surface area (Å²) in [6.07, 6.45) is 1.70. The van der Waals surface area contributed by atoms with Crippen LogP contribution in [0, 0.1) is 5.92 Å². The van der Waals surface area contributed by atoms with Crippen molar-refractivity contribution >= 4 is 11.8 Å². The second-order valence-electron chi connectivity index (χ2n) is 3.96. The van der Waals surface area contributed by atoms with Gasteiger partial charge < -0.3 is 10.0 Å². The van der Waals surface area contributed by atoms with Crippen molar-refractivity contribution in [2.24, 2.45) is 5.92 Å². The van der Waals surface area contributed by atoms with E-state index < -0.39 is 12.1 Å². The van der Waals surface area contributed by atoms with Crippen molar-refractivity contribution in [1.29, 1.82) is 0 Å². The van der Waals surface area contributed by atoms with Gasteiger partial charge in [0.05, 0.1) is 18.9 Å². The van der Waals surface area contributed by atoms with E-state index in [0.29, 0.717) is 18.9 Å². The number of aromatic carboxylic acids is 1. The lowest BCUT2D eigenvalue weighted by atomic mass is 10.1. The van der Waals surface area contributed by atoms with Crippen LogP contribution in [0.15, 0.2) is 12.4 Å². The summed E-state index contributed by atoms with van der Waals surface area (Å²) in [6.45, 7) is 2.72. The van der Waals surface area contributed by atoms with E-state index in [0.717, 1.165) is 0 Å². The molecule has 2 heterocycles. The van der Waals surface area contributed by atoms with E-state index in [9.17, 15) is 9.18 Å². The van der Waals surface area contributed by atoms with Gasteiger partial charge in [-0.3, -0.25) is 0 Å². The maximum absolute atomic E-state index is 13.3. The van der Waals surface area contributed by atoms with Crippen LogP contribution in [0.25, 0.3) is 0 Å². The molecule has 1 aromatic heterocycles. The molecule has 1 saturated heterocycles. The Balaban J connectivity index is 2.14. The third kappa shape index (κ3) is 1.95. The van der Waals surface area contributed by atoms with Gasteiger partial charge in [-0.1, -0.05) is 6.92 Å². The van der Waals surface area contributed by atoms with Crippen molar-refractivity contribution in [2.45, 2.75) is 13.1 Å². The first-order chi connectivity index (χ1) is 7.58. The summed E-state index contributed by atoms with van der Waals surface area (Å²) < 4.78 is 13.3. The standard InChI is InChI=1S/C10H12FN3O2/c1-6-4-14(5-7(6)11)9-3-12-8(2-13-9)10(15)16/h2-3,6-7H,4-5H2,1H3,(H,15,16)/t6-,7+/m1/s1. The highest BCUT2D eigenvalue weighted by atomic mass is 19.1. The van der Waals surface area contributed by atoms with E-state index in [4.69, 9.17) is 5.11 Å². The molecule has 2 atom stereocenters. The Kier molecular flexibility index (Phi) is 2.72. The number of anilines is 1. The van der Waals surface area contributed by atoms with Crippen LogP contribution in [0.4, 0.5) is 10.2 Å². The zero-order valence-electron chi connectivity index (χ0n) is 8.80. The topological polar surface area (TPSA) is 66.3 Å². The first-order valence-electron chi connectivity index (χ1n) is 5.02. The van der Waals surface area contributed by atoms with Crippen molar-refractivity contribution in [3.05, 3.63) is 18.1 Å². The molecule has 2 rings (SSSR count). The van der Waals surface area contributed by atoms with Crippen LogP contribution in [0.5, 0.6) is 0 Å². The molecule has 0 unspecified atom stereocenters. The van der Waals surface area contributed by atoms with Gasteiger partial charge in [0, 0.05) is 12.5 Å². The Bertz CT molecular complexity index is 386. The van der Waals surface area contributed by atoms with Gasteiger partial charge in [0.2, 0.25) is 0 Å². The van der Waals surface area contributed by atoms with E-state index >= 15 is 0 Å². The Morgan fingerprint density at radius 3 is 2.69 bits per heavy atom. The molecule has 0 amide bonds. The number of halogens is 1. The first-order valence-corrected chi connectivity index (χ1v) is 5.02. The average molecular weight is 225 g/mol. The Labute approximate surface area is 91.9 Å². The van der Waals surface area contributed by atoms with Gasteiger partial charge in [0.25, 0.3) is 0 Å². The number of carbonyl (C=O) groups is 1. The SMILES string of the molecule is C[C@@H]1CN(c2cnc(C(=O)O)cn2)C[C@@H]1F. The Hall–Kier alpha value is -1.72. The number of alkyl halides is 1. The lowest BCUT2D eigenvalue weighted by Gasteiger charge is -2.15.